The van der Waals surface area contributed by atoms with E-state index in [9.17, 15) is 18.8 Å². The van der Waals surface area contributed by atoms with Gasteiger partial charge in [0.2, 0.25) is 11.8 Å². The van der Waals surface area contributed by atoms with Crippen LogP contribution in [0.4, 0.5) is 4.39 Å². The fraction of sp³-hybridized carbons (Fsp3) is 0.710. The molecular weight excluding hydrogens is 497 g/mol. The minimum Gasteiger partial charge on any atom is -0.466 e. The number of fused-ring (bicyclic) bond motifs is 2. The Bertz CT molecular complexity index is 1030. The molecule has 2 heterocycles. The van der Waals surface area contributed by atoms with Crippen LogP contribution in [0.1, 0.15) is 70.3 Å². The van der Waals surface area contributed by atoms with Gasteiger partial charge in [-0.15, -0.1) is 0 Å². The molecule has 4 atom stereocenters. The summed E-state index contributed by atoms with van der Waals surface area (Å²) < 4.78 is 19.1. The first-order valence-electron chi connectivity index (χ1n) is 15.0. The zero-order chi connectivity index (χ0) is 27.6. The summed E-state index contributed by atoms with van der Waals surface area (Å²) in [7, 11) is 2.07. The van der Waals surface area contributed by atoms with Crippen LogP contribution in [0.5, 0.6) is 0 Å². The Morgan fingerprint density at radius 1 is 1.08 bits per heavy atom. The number of likely N-dealkylation sites (tertiary alicyclic amines) is 2. The SMILES string of the molecule is CCOC(=O)C1(C2CCCCC2)CCN(C(=O)[C@@H](Cc2ccc(F)cc2)NC(=O)[C@H]2C[C@H]3C[C@@H]2N(C)C3)CC1. The molecule has 0 unspecified atom stereocenters. The zero-order valence-corrected chi connectivity index (χ0v) is 23.5. The maximum Gasteiger partial charge on any atom is 0.312 e. The van der Waals surface area contributed by atoms with Gasteiger partial charge in [0.1, 0.15) is 11.9 Å². The van der Waals surface area contributed by atoms with Gasteiger partial charge in [0.25, 0.3) is 0 Å². The predicted molar refractivity (Wildman–Crippen MR) is 146 cm³/mol. The molecule has 7 nitrogen and oxygen atoms in total. The van der Waals surface area contributed by atoms with E-state index in [1.807, 2.05) is 11.8 Å². The third-order valence-corrected chi connectivity index (χ3v) is 10.1. The maximum absolute atomic E-state index is 13.9. The summed E-state index contributed by atoms with van der Waals surface area (Å²) in [5.41, 5.74) is 0.275. The fourth-order valence-corrected chi connectivity index (χ4v) is 7.97. The molecule has 2 aliphatic carbocycles. The van der Waals surface area contributed by atoms with Gasteiger partial charge in [0, 0.05) is 32.1 Å². The number of hydrogen-bond donors (Lipinski definition) is 1. The first-order chi connectivity index (χ1) is 18.8. The topological polar surface area (TPSA) is 79.0 Å². The third-order valence-electron chi connectivity index (χ3n) is 10.1. The molecule has 2 saturated heterocycles. The first-order valence-corrected chi connectivity index (χ1v) is 15.0. The van der Waals surface area contributed by atoms with Crippen molar-refractivity contribution >= 4 is 17.8 Å². The van der Waals surface area contributed by atoms with E-state index in [2.05, 4.69) is 17.3 Å². The molecule has 5 rings (SSSR count). The van der Waals surface area contributed by atoms with Gasteiger partial charge in [-0.3, -0.25) is 14.4 Å². The van der Waals surface area contributed by atoms with Crippen molar-refractivity contribution < 1.29 is 23.5 Å². The van der Waals surface area contributed by atoms with Crippen LogP contribution in [0.25, 0.3) is 0 Å². The van der Waals surface area contributed by atoms with Crippen molar-refractivity contribution in [3.05, 3.63) is 35.6 Å². The number of nitrogens with one attached hydrogen (secondary N) is 1. The van der Waals surface area contributed by atoms with Crippen molar-refractivity contribution in [3.63, 3.8) is 0 Å². The quantitative estimate of drug-likeness (QED) is 0.505. The average Bonchev–Trinajstić information content (AvgIpc) is 3.54. The smallest absolute Gasteiger partial charge is 0.312 e. The highest BCUT2D eigenvalue weighted by molar-refractivity contribution is 5.89. The number of ether oxygens (including phenoxy) is 1. The van der Waals surface area contributed by atoms with Crippen LogP contribution < -0.4 is 5.32 Å². The summed E-state index contributed by atoms with van der Waals surface area (Å²) in [6.45, 7) is 4.19. The van der Waals surface area contributed by atoms with Crippen LogP contribution in [-0.4, -0.2) is 73.0 Å². The van der Waals surface area contributed by atoms with E-state index in [1.54, 1.807) is 12.1 Å². The molecule has 4 aliphatic rings. The maximum atomic E-state index is 13.9. The Labute approximate surface area is 231 Å². The molecule has 8 heteroatoms. The molecule has 2 bridgehead atoms. The van der Waals surface area contributed by atoms with Crippen LogP contribution in [0.3, 0.4) is 0 Å². The van der Waals surface area contributed by atoms with Crippen LogP contribution in [0.15, 0.2) is 24.3 Å². The molecule has 1 aromatic rings. The van der Waals surface area contributed by atoms with Crippen LogP contribution in [0, 0.1) is 29.0 Å². The van der Waals surface area contributed by atoms with Crippen molar-refractivity contribution in [2.45, 2.75) is 83.2 Å². The molecule has 2 amide bonds. The number of nitrogens with zero attached hydrogens (tertiary/aromatic N) is 2. The van der Waals surface area contributed by atoms with Crippen LogP contribution in [-0.2, 0) is 25.5 Å². The Hall–Kier alpha value is -2.48. The van der Waals surface area contributed by atoms with Gasteiger partial charge in [0.15, 0.2) is 0 Å². The minimum absolute atomic E-state index is 0.0606. The lowest BCUT2D eigenvalue weighted by atomic mass is 9.63. The van der Waals surface area contributed by atoms with Gasteiger partial charge in [0.05, 0.1) is 17.9 Å². The lowest BCUT2D eigenvalue weighted by molar-refractivity contribution is -0.166. The Kier molecular flexibility index (Phi) is 8.60. The molecular formula is C31H44FN3O4. The monoisotopic (exact) mass is 541 g/mol. The average molecular weight is 542 g/mol. The molecule has 214 valence electrons. The predicted octanol–water partition coefficient (Wildman–Crippen LogP) is 3.95. The lowest BCUT2D eigenvalue weighted by Crippen LogP contribution is -2.57. The number of carbonyl (C=O) groups excluding carboxylic acids is 3. The van der Waals surface area contributed by atoms with E-state index < -0.39 is 11.5 Å². The molecule has 1 aromatic carbocycles. The summed E-state index contributed by atoms with van der Waals surface area (Å²) in [5, 5.41) is 3.11. The second-order valence-corrected chi connectivity index (χ2v) is 12.4. The zero-order valence-electron chi connectivity index (χ0n) is 23.5. The Morgan fingerprint density at radius 3 is 2.38 bits per heavy atom. The lowest BCUT2D eigenvalue weighted by Gasteiger charge is -2.46. The second kappa shape index (κ2) is 11.9. The van der Waals surface area contributed by atoms with E-state index >= 15 is 0 Å². The van der Waals surface area contributed by atoms with Crippen LogP contribution >= 0.6 is 0 Å². The Morgan fingerprint density at radius 2 is 1.77 bits per heavy atom. The molecule has 0 radical (unpaired) electrons. The van der Waals surface area contributed by atoms with Gasteiger partial charge in [-0.25, -0.2) is 4.39 Å². The minimum atomic E-state index is -0.725. The van der Waals surface area contributed by atoms with Crippen molar-refractivity contribution in [3.8, 4) is 0 Å². The molecule has 1 N–H and O–H groups in total. The van der Waals surface area contributed by atoms with E-state index in [0.29, 0.717) is 50.8 Å². The number of amides is 2. The highest BCUT2D eigenvalue weighted by Gasteiger charge is 2.50. The number of carbonyl (C=O) groups is 3. The van der Waals surface area contributed by atoms with Gasteiger partial charge in [-0.05, 0) is 82.0 Å². The van der Waals surface area contributed by atoms with Gasteiger partial charge >= 0.3 is 5.97 Å². The third kappa shape index (κ3) is 5.86. The number of esters is 1. The molecule has 4 fully saturated rings. The Balaban J connectivity index is 1.30. The van der Waals surface area contributed by atoms with E-state index in [4.69, 9.17) is 4.74 Å². The first kappa shape index (κ1) is 28.1. The summed E-state index contributed by atoms with van der Waals surface area (Å²) in [4.78, 5) is 44.7. The van der Waals surface area contributed by atoms with Gasteiger partial charge < -0.3 is 19.9 Å². The number of halogens is 1. The van der Waals surface area contributed by atoms with Crippen molar-refractivity contribution in [2.24, 2.45) is 23.2 Å². The van der Waals surface area contributed by atoms with Crippen molar-refractivity contribution in [1.82, 2.24) is 15.1 Å². The van der Waals surface area contributed by atoms with Gasteiger partial charge in [-0.1, -0.05) is 31.4 Å². The standard InChI is InChI=1S/C31H44FN3O4/c1-3-39-30(38)31(23-7-5-4-6-8-23)13-15-35(16-14-31)29(37)26(18-21-9-11-24(32)12-10-21)33-28(36)25-17-22-19-27(25)34(2)20-22/h9-12,22-23,25-27H,3-8,13-20H2,1-2H3,(H,33,36)/t22-,25-,26+,27-/m0/s1. The number of rotatable bonds is 8. The number of piperidine rings is 2. The summed E-state index contributed by atoms with van der Waals surface area (Å²) >= 11 is 0. The van der Waals surface area contributed by atoms with Crippen molar-refractivity contribution in [1.29, 1.82) is 0 Å². The normalized spacial score (nSPS) is 27.8. The summed E-state index contributed by atoms with van der Waals surface area (Å²) in [5.74, 6) is 0.110. The molecule has 2 saturated carbocycles. The fourth-order valence-electron chi connectivity index (χ4n) is 7.97. The summed E-state index contributed by atoms with van der Waals surface area (Å²) in [6.07, 6.45) is 8.96. The van der Waals surface area contributed by atoms with E-state index in [1.165, 1.54) is 18.6 Å². The second-order valence-electron chi connectivity index (χ2n) is 12.4. The van der Waals surface area contributed by atoms with Gasteiger partial charge in [-0.2, -0.15) is 0 Å². The molecule has 2 aliphatic heterocycles. The van der Waals surface area contributed by atoms with E-state index in [-0.39, 0.29) is 35.6 Å². The number of benzene rings is 1. The molecule has 0 spiro atoms. The van der Waals surface area contributed by atoms with Crippen molar-refractivity contribution in [2.75, 3.05) is 33.3 Å². The summed E-state index contributed by atoms with van der Waals surface area (Å²) in [6, 6.07) is 5.64. The highest BCUT2D eigenvalue weighted by Crippen LogP contribution is 2.47. The number of hydrogen-bond acceptors (Lipinski definition) is 5. The molecule has 39 heavy (non-hydrogen) atoms. The largest absolute Gasteiger partial charge is 0.466 e. The van der Waals surface area contributed by atoms with Crippen LogP contribution in [0.2, 0.25) is 0 Å². The highest BCUT2D eigenvalue weighted by atomic mass is 19.1. The van der Waals surface area contributed by atoms with E-state index in [0.717, 1.165) is 50.6 Å². The molecule has 0 aromatic heterocycles.